The van der Waals surface area contributed by atoms with Gasteiger partial charge in [-0.05, 0) is 48.0 Å². The molecule has 0 radical (unpaired) electrons. The minimum Gasteiger partial charge on any atom is -0.454 e. The van der Waals surface area contributed by atoms with E-state index >= 15 is 0 Å². The van der Waals surface area contributed by atoms with Crippen molar-refractivity contribution in [3.05, 3.63) is 95.1 Å². The summed E-state index contributed by atoms with van der Waals surface area (Å²) in [5, 5.41) is 6.05. The van der Waals surface area contributed by atoms with Gasteiger partial charge < -0.3 is 9.47 Å². The standard InChI is InChI=1S/C25H18N2O3/c28-25(21-12-13-23-24(16-21)30-17-29-23)27-15-14-22(26-27)20-10-8-19(9-11-20)7-6-18-4-2-1-3-5-18/h1-5,8-13,16H,14-15,17H2. The topological polar surface area (TPSA) is 51.1 Å². The molecule has 0 saturated carbocycles. The molecule has 3 aromatic rings. The van der Waals surface area contributed by atoms with Crippen LogP contribution >= 0.6 is 0 Å². The van der Waals surface area contributed by atoms with Gasteiger partial charge in [-0.1, -0.05) is 42.2 Å². The smallest absolute Gasteiger partial charge is 0.274 e. The second kappa shape index (κ2) is 7.76. The fraction of sp³-hybridized carbons (Fsp3) is 0.120. The van der Waals surface area contributed by atoms with Crippen molar-refractivity contribution in [3.8, 4) is 23.3 Å². The lowest BCUT2D eigenvalue weighted by Gasteiger charge is -2.11. The van der Waals surface area contributed by atoms with Gasteiger partial charge in [0.05, 0.1) is 12.3 Å². The van der Waals surface area contributed by atoms with Crippen molar-refractivity contribution >= 4 is 11.6 Å². The lowest BCUT2D eigenvalue weighted by Crippen LogP contribution is -2.23. The first-order chi connectivity index (χ1) is 14.8. The van der Waals surface area contributed by atoms with E-state index in [4.69, 9.17) is 9.47 Å². The molecule has 0 unspecified atom stereocenters. The summed E-state index contributed by atoms with van der Waals surface area (Å²) in [6, 6.07) is 23.1. The molecular weight excluding hydrogens is 376 g/mol. The summed E-state index contributed by atoms with van der Waals surface area (Å²) in [7, 11) is 0. The molecule has 0 spiro atoms. The largest absolute Gasteiger partial charge is 0.454 e. The molecule has 5 nitrogen and oxygen atoms in total. The highest BCUT2D eigenvalue weighted by Crippen LogP contribution is 2.33. The molecule has 2 aliphatic heterocycles. The van der Waals surface area contributed by atoms with Crippen LogP contribution in [-0.4, -0.2) is 30.0 Å². The lowest BCUT2D eigenvalue weighted by molar-refractivity contribution is 0.0778. The molecule has 0 aromatic heterocycles. The number of hydrogen-bond acceptors (Lipinski definition) is 4. The van der Waals surface area contributed by atoms with Crippen molar-refractivity contribution in [1.29, 1.82) is 0 Å². The summed E-state index contributed by atoms with van der Waals surface area (Å²) < 4.78 is 10.7. The van der Waals surface area contributed by atoms with Gasteiger partial charge in [-0.25, -0.2) is 5.01 Å². The van der Waals surface area contributed by atoms with Gasteiger partial charge in [-0.3, -0.25) is 4.79 Å². The minimum atomic E-state index is -0.145. The third-order valence-electron chi connectivity index (χ3n) is 5.00. The number of ether oxygens (including phenoxy) is 2. The number of rotatable bonds is 2. The molecule has 0 saturated heterocycles. The monoisotopic (exact) mass is 394 g/mol. The van der Waals surface area contributed by atoms with Crippen LogP contribution in [0.2, 0.25) is 0 Å². The van der Waals surface area contributed by atoms with Crippen LogP contribution in [0.4, 0.5) is 0 Å². The molecular formula is C25H18N2O3. The fourth-order valence-corrected chi connectivity index (χ4v) is 3.40. The molecule has 5 heteroatoms. The van der Waals surface area contributed by atoms with Crippen LogP contribution in [0.25, 0.3) is 0 Å². The van der Waals surface area contributed by atoms with Crippen molar-refractivity contribution in [2.24, 2.45) is 5.10 Å². The Morgan fingerprint density at radius 2 is 1.60 bits per heavy atom. The number of hydrogen-bond donors (Lipinski definition) is 0. The van der Waals surface area contributed by atoms with Crippen molar-refractivity contribution in [1.82, 2.24) is 5.01 Å². The summed E-state index contributed by atoms with van der Waals surface area (Å²) in [5.41, 5.74) is 4.36. The Kier molecular flexibility index (Phi) is 4.66. The van der Waals surface area contributed by atoms with Gasteiger partial charge in [0.25, 0.3) is 5.91 Å². The van der Waals surface area contributed by atoms with E-state index in [1.54, 1.807) is 18.2 Å². The number of fused-ring (bicyclic) bond motifs is 1. The predicted molar refractivity (Wildman–Crippen MR) is 114 cm³/mol. The molecule has 146 valence electrons. The maximum Gasteiger partial charge on any atom is 0.274 e. The number of nitrogens with zero attached hydrogens (tertiary/aromatic N) is 2. The van der Waals surface area contributed by atoms with Gasteiger partial charge >= 0.3 is 0 Å². The molecule has 1 amide bonds. The molecule has 30 heavy (non-hydrogen) atoms. The van der Waals surface area contributed by atoms with E-state index in [1.807, 2.05) is 54.6 Å². The quantitative estimate of drug-likeness (QED) is 0.616. The highest BCUT2D eigenvalue weighted by molar-refractivity contribution is 6.04. The van der Waals surface area contributed by atoms with Crippen LogP contribution in [0.3, 0.4) is 0 Å². The van der Waals surface area contributed by atoms with Crippen LogP contribution in [0.15, 0.2) is 77.9 Å². The van der Waals surface area contributed by atoms with E-state index in [0.29, 0.717) is 30.0 Å². The van der Waals surface area contributed by atoms with Gasteiger partial charge in [0.1, 0.15) is 0 Å². The van der Waals surface area contributed by atoms with E-state index in [1.165, 1.54) is 5.01 Å². The highest BCUT2D eigenvalue weighted by atomic mass is 16.7. The van der Waals surface area contributed by atoms with Crippen molar-refractivity contribution in [2.45, 2.75) is 6.42 Å². The highest BCUT2D eigenvalue weighted by Gasteiger charge is 2.24. The van der Waals surface area contributed by atoms with Gasteiger partial charge in [0, 0.05) is 23.1 Å². The van der Waals surface area contributed by atoms with Gasteiger partial charge in [0.2, 0.25) is 6.79 Å². The summed E-state index contributed by atoms with van der Waals surface area (Å²) in [4.78, 5) is 12.8. The second-order valence-electron chi connectivity index (χ2n) is 6.99. The zero-order valence-electron chi connectivity index (χ0n) is 16.2. The number of hydrazone groups is 1. The third-order valence-corrected chi connectivity index (χ3v) is 5.00. The third kappa shape index (κ3) is 3.63. The molecule has 0 aliphatic carbocycles. The van der Waals surface area contributed by atoms with E-state index in [-0.39, 0.29) is 12.7 Å². The van der Waals surface area contributed by atoms with Gasteiger partial charge in [-0.2, -0.15) is 5.10 Å². The fourth-order valence-electron chi connectivity index (χ4n) is 3.40. The van der Waals surface area contributed by atoms with Crippen LogP contribution in [0, 0.1) is 11.8 Å². The van der Waals surface area contributed by atoms with Crippen LogP contribution in [0.5, 0.6) is 11.5 Å². The van der Waals surface area contributed by atoms with Crippen molar-refractivity contribution in [2.75, 3.05) is 13.3 Å². The van der Waals surface area contributed by atoms with E-state index < -0.39 is 0 Å². The Balaban J connectivity index is 1.30. The zero-order valence-corrected chi connectivity index (χ0v) is 16.2. The SMILES string of the molecule is O=C(c1ccc2c(c1)OCO2)N1CCC(c2ccc(C#Cc3ccccc3)cc2)=N1. The zero-order chi connectivity index (χ0) is 20.3. The number of benzene rings is 3. The predicted octanol–water partition coefficient (Wildman–Crippen LogP) is 4.07. The number of carbonyl (C=O) groups is 1. The molecule has 0 fully saturated rings. The summed E-state index contributed by atoms with van der Waals surface area (Å²) in [6.07, 6.45) is 0.714. The molecule has 0 bridgehead atoms. The van der Waals surface area contributed by atoms with Crippen LogP contribution < -0.4 is 9.47 Å². The molecule has 0 N–H and O–H groups in total. The van der Waals surface area contributed by atoms with Gasteiger partial charge in [0.15, 0.2) is 11.5 Å². The maximum absolute atomic E-state index is 12.8. The molecule has 0 atom stereocenters. The second-order valence-corrected chi connectivity index (χ2v) is 6.99. The Labute approximate surface area is 174 Å². The summed E-state index contributed by atoms with van der Waals surface area (Å²) in [6.45, 7) is 0.739. The van der Waals surface area contributed by atoms with Crippen LogP contribution in [-0.2, 0) is 0 Å². The first kappa shape index (κ1) is 18.0. The first-order valence-electron chi connectivity index (χ1n) is 9.73. The van der Waals surface area contributed by atoms with E-state index in [2.05, 4.69) is 16.9 Å². The Morgan fingerprint density at radius 3 is 2.40 bits per heavy atom. The maximum atomic E-state index is 12.8. The van der Waals surface area contributed by atoms with Gasteiger partial charge in [-0.15, -0.1) is 0 Å². The van der Waals surface area contributed by atoms with E-state index in [9.17, 15) is 4.79 Å². The summed E-state index contributed by atoms with van der Waals surface area (Å²) >= 11 is 0. The van der Waals surface area contributed by atoms with Crippen LogP contribution in [0.1, 0.15) is 33.5 Å². The average Bonchev–Trinajstić information content (AvgIpc) is 3.47. The molecule has 3 aromatic carbocycles. The van der Waals surface area contributed by atoms with Crippen molar-refractivity contribution in [3.63, 3.8) is 0 Å². The average molecular weight is 394 g/mol. The molecule has 2 heterocycles. The molecule has 2 aliphatic rings. The Bertz CT molecular complexity index is 1190. The number of amides is 1. The normalized spacial score (nSPS) is 14.1. The minimum absolute atomic E-state index is 0.145. The summed E-state index contributed by atoms with van der Waals surface area (Å²) in [5.74, 6) is 7.44. The number of carbonyl (C=O) groups excluding carboxylic acids is 1. The molecule has 5 rings (SSSR count). The lowest BCUT2D eigenvalue weighted by atomic mass is 10.1. The van der Waals surface area contributed by atoms with Crippen molar-refractivity contribution < 1.29 is 14.3 Å². The Morgan fingerprint density at radius 1 is 0.867 bits per heavy atom. The van der Waals surface area contributed by atoms with E-state index in [0.717, 1.165) is 22.4 Å². The first-order valence-corrected chi connectivity index (χ1v) is 9.73. The Hall–Kier alpha value is -4.04.